The number of hydrogen-bond donors (Lipinski definition) is 1. The summed E-state index contributed by atoms with van der Waals surface area (Å²) in [6, 6.07) is 9.14. The molecule has 18 heavy (non-hydrogen) atoms. The van der Waals surface area contributed by atoms with E-state index < -0.39 is 0 Å². The molecule has 0 spiro atoms. The van der Waals surface area contributed by atoms with Crippen LogP contribution in [0.25, 0.3) is 0 Å². The molecule has 1 N–H and O–H groups in total. The molecule has 0 amide bonds. The fourth-order valence-corrected chi connectivity index (χ4v) is 1.84. The number of ether oxygens (including phenoxy) is 1. The fraction of sp³-hybridized carbons (Fsp3) is 0.625. The predicted octanol–water partition coefficient (Wildman–Crippen LogP) is 3.33. The van der Waals surface area contributed by atoms with Crippen LogP contribution in [0.5, 0.6) is 0 Å². The van der Waals surface area contributed by atoms with E-state index in [1.807, 2.05) is 0 Å². The van der Waals surface area contributed by atoms with Gasteiger partial charge in [0.15, 0.2) is 0 Å². The summed E-state index contributed by atoms with van der Waals surface area (Å²) >= 11 is 0. The molecule has 1 rings (SSSR count). The molecule has 1 aromatic rings. The van der Waals surface area contributed by atoms with E-state index >= 15 is 0 Å². The van der Waals surface area contributed by atoms with Crippen molar-refractivity contribution >= 4 is 0 Å². The summed E-state index contributed by atoms with van der Waals surface area (Å²) < 4.78 is 5.88. The van der Waals surface area contributed by atoms with E-state index in [0.717, 1.165) is 19.6 Å². The van der Waals surface area contributed by atoms with Gasteiger partial charge in [-0.2, -0.15) is 0 Å². The van der Waals surface area contributed by atoms with Crippen molar-refractivity contribution in [2.45, 2.75) is 52.7 Å². The van der Waals surface area contributed by atoms with Crippen LogP contribution in [0.2, 0.25) is 0 Å². The highest BCUT2D eigenvalue weighted by atomic mass is 16.5. The van der Waals surface area contributed by atoms with Gasteiger partial charge in [0.1, 0.15) is 0 Å². The Hall–Kier alpha value is -0.860. The smallest absolute Gasteiger partial charge is 0.0629 e. The van der Waals surface area contributed by atoms with Crippen molar-refractivity contribution in [1.29, 1.82) is 0 Å². The lowest BCUT2D eigenvalue weighted by Crippen LogP contribution is -2.38. The Bertz CT molecular complexity index is 337. The van der Waals surface area contributed by atoms with E-state index in [4.69, 9.17) is 4.74 Å². The quantitative estimate of drug-likeness (QED) is 0.835. The first-order valence-electron chi connectivity index (χ1n) is 6.83. The number of aryl methyl sites for hydroxylation is 1. The first-order valence-corrected chi connectivity index (χ1v) is 6.83. The molecule has 0 saturated carbocycles. The standard InChI is InChI=1S/C16H27NO/c1-6-17-15(12-18-16(3,4)5)11-14-9-7-13(2)8-10-14/h7-10,15,17H,6,11-12H2,1-5H3. The van der Waals surface area contributed by atoms with Crippen LogP contribution in [0.15, 0.2) is 24.3 Å². The van der Waals surface area contributed by atoms with E-state index in [2.05, 4.69) is 64.2 Å². The van der Waals surface area contributed by atoms with Crippen LogP contribution >= 0.6 is 0 Å². The molecular formula is C16H27NO. The third-order valence-electron chi connectivity index (χ3n) is 2.81. The predicted molar refractivity (Wildman–Crippen MR) is 78.1 cm³/mol. The van der Waals surface area contributed by atoms with Crippen molar-refractivity contribution < 1.29 is 4.74 Å². The Morgan fingerprint density at radius 1 is 1.17 bits per heavy atom. The van der Waals surface area contributed by atoms with Gasteiger partial charge in [-0.25, -0.2) is 0 Å². The van der Waals surface area contributed by atoms with Gasteiger partial charge >= 0.3 is 0 Å². The van der Waals surface area contributed by atoms with Crippen LogP contribution in [0.1, 0.15) is 38.8 Å². The highest BCUT2D eigenvalue weighted by Gasteiger charge is 2.15. The second kappa shape index (κ2) is 6.91. The van der Waals surface area contributed by atoms with Crippen molar-refractivity contribution in [3.05, 3.63) is 35.4 Å². The number of rotatable bonds is 6. The molecule has 102 valence electrons. The van der Waals surface area contributed by atoms with E-state index in [-0.39, 0.29) is 5.60 Å². The molecule has 0 aliphatic rings. The number of nitrogens with one attached hydrogen (secondary N) is 1. The summed E-state index contributed by atoms with van der Waals surface area (Å²) in [6.07, 6.45) is 1.02. The van der Waals surface area contributed by atoms with Gasteiger partial charge in [-0.15, -0.1) is 0 Å². The van der Waals surface area contributed by atoms with Gasteiger partial charge in [-0.3, -0.25) is 0 Å². The summed E-state index contributed by atoms with van der Waals surface area (Å²) in [6.45, 7) is 12.3. The first kappa shape index (κ1) is 15.2. The van der Waals surface area contributed by atoms with Crippen molar-refractivity contribution in [2.75, 3.05) is 13.2 Å². The van der Waals surface area contributed by atoms with E-state index in [0.29, 0.717) is 6.04 Å². The maximum atomic E-state index is 5.88. The number of hydrogen-bond acceptors (Lipinski definition) is 2. The molecule has 0 saturated heterocycles. The van der Waals surface area contributed by atoms with Crippen LogP contribution in [0.3, 0.4) is 0 Å². The Morgan fingerprint density at radius 2 is 1.78 bits per heavy atom. The minimum Gasteiger partial charge on any atom is -0.374 e. The zero-order valence-corrected chi connectivity index (χ0v) is 12.4. The zero-order chi connectivity index (χ0) is 13.6. The molecule has 0 bridgehead atoms. The molecule has 2 heteroatoms. The Labute approximate surface area is 112 Å². The van der Waals surface area contributed by atoms with Gasteiger partial charge in [0, 0.05) is 6.04 Å². The fourth-order valence-electron chi connectivity index (χ4n) is 1.84. The topological polar surface area (TPSA) is 21.3 Å². The molecule has 0 fully saturated rings. The third-order valence-corrected chi connectivity index (χ3v) is 2.81. The van der Waals surface area contributed by atoms with Crippen LogP contribution in [0, 0.1) is 6.92 Å². The summed E-state index contributed by atoms with van der Waals surface area (Å²) in [5, 5.41) is 3.49. The monoisotopic (exact) mass is 249 g/mol. The Kier molecular flexibility index (Phi) is 5.83. The molecule has 0 aliphatic heterocycles. The van der Waals surface area contributed by atoms with Crippen LogP contribution in [0.4, 0.5) is 0 Å². The summed E-state index contributed by atoms with van der Waals surface area (Å²) in [7, 11) is 0. The highest BCUT2D eigenvalue weighted by molar-refractivity contribution is 5.22. The molecule has 0 radical (unpaired) electrons. The highest BCUT2D eigenvalue weighted by Crippen LogP contribution is 2.10. The molecule has 0 heterocycles. The molecule has 0 aliphatic carbocycles. The first-order chi connectivity index (χ1) is 8.40. The molecule has 1 aromatic carbocycles. The van der Waals surface area contributed by atoms with E-state index in [1.165, 1.54) is 11.1 Å². The molecule has 2 nitrogen and oxygen atoms in total. The lowest BCUT2D eigenvalue weighted by atomic mass is 10.0. The SMILES string of the molecule is CCNC(COC(C)(C)C)Cc1ccc(C)cc1. The minimum atomic E-state index is -0.0685. The van der Waals surface area contributed by atoms with Gasteiger partial charge in [-0.05, 0) is 46.2 Å². The Balaban J connectivity index is 2.54. The largest absolute Gasteiger partial charge is 0.374 e. The third kappa shape index (κ3) is 6.18. The second-order valence-electron chi connectivity index (χ2n) is 5.87. The molecule has 1 unspecified atom stereocenters. The lowest BCUT2D eigenvalue weighted by molar-refractivity contribution is -0.0141. The van der Waals surface area contributed by atoms with Crippen LogP contribution in [-0.2, 0) is 11.2 Å². The van der Waals surface area contributed by atoms with Crippen molar-refractivity contribution in [1.82, 2.24) is 5.32 Å². The summed E-state index contributed by atoms with van der Waals surface area (Å²) in [4.78, 5) is 0. The van der Waals surface area contributed by atoms with Gasteiger partial charge in [0.2, 0.25) is 0 Å². The molecular weight excluding hydrogens is 222 g/mol. The van der Waals surface area contributed by atoms with Crippen molar-refractivity contribution in [3.8, 4) is 0 Å². The number of benzene rings is 1. The van der Waals surface area contributed by atoms with Crippen LogP contribution in [-0.4, -0.2) is 24.8 Å². The van der Waals surface area contributed by atoms with Crippen LogP contribution < -0.4 is 5.32 Å². The van der Waals surface area contributed by atoms with E-state index in [9.17, 15) is 0 Å². The normalized spacial score (nSPS) is 13.6. The summed E-state index contributed by atoms with van der Waals surface area (Å²) in [5.74, 6) is 0. The second-order valence-corrected chi connectivity index (χ2v) is 5.87. The average molecular weight is 249 g/mol. The molecule has 0 aromatic heterocycles. The maximum Gasteiger partial charge on any atom is 0.0629 e. The summed E-state index contributed by atoms with van der Waals surface area (Å²) in [5.41, 5.74) is 2.61. The van der Waals surface area contributed by atoms with Crippen molar-refractivity contribution in [3.63, 3.8) is 0 Å². The van der Waals surface area contributed by atoms with Gasteiger partial charge in [0.25, 0.3) is 0 Å². The van der Waals surface area contributed by atoms with E-state index in [1.54, 1.807) is 0 Å². The van der Waals surface area contributed by atoms with Gasteiger partial charge in [-0.1, -0.05) is 36.8 Å². The maximum absolute atomic E-state index is 5.88. The zero-order valence-electron chi connectivity index (χ0n) is 12.4. The van der Waals surface area contributed by atoms with Gasteiger partial charge in [0.05, 0.1) is 12.2 Å². The molecule has 1 atom stereocenters. The minimum absolute atomic E-state index is 0.0685. The average Bonchev–Trinajstić information content (AvgIpc) is 2.28. The van der Waals surface area contributed by atoms with Gasteiger partial charge < -0.3 is 10.1 Å². The Morgan fingerprint density at radius 3 is 2.28 bits per heavy atom. The van der Waals surface area contributed by atoms with Crippen molar-refractivity contribution in [2.24, 2.45) is 0 Å². The lowest BCUT2D eigenvalue weighted by Gasteiger charge is -2.25. The number of likely N-dealkylation sites (N-methyl/N-ethyl adjacent to an activating group) is 1.